The molecule has 0 bridgehead atoms. The lowest BCUT2D eigenvalue weighted by Crippen LogP contribution is -1.92. The van der Waals surface area contributed by atoms with Crippen molar-refractivity contribution in [3.05, 3.63) is 146 Å². The second-order valence-corrected chi connectivity index (χ2v) is 10.8. The molecule has 0 amide bonds. The van der Waals surface area contributed by atoms with Gasteiger partial charge in [0.05, 0.1) is 0 Å². The highest BCUT2D eigenvalue weighted by Crippen LogP contribution is 2.48. The van der Waals surface area contributed by atoms with E-state index in [2.05, 4.69) is 140 Å². The van der Waals surface area contributed by atoms with Crippen molar-refractivity contribution in [1.82, 2.24) is 0 Å². The molecule has 0 atom stereocenters. The highest BCUT2D eigenvalue weighted by molar-refractivity contribution is 6.28. The fourth-order valence-electron chi connectivity index (χ4n) is 6.95. The maximum Gasteiger partial charge on any atom is 0.136 e. The second-order valence-electron chi connectivity index (χ2n) is 10.8. The number of rotatable bonds is 2. The molecular weight excluding hydrogens is 496 g/mol. The number of fused-ring (bicyclic) bond motifs is 8. The summed E-state index contributed by atoms with van der Waals surface area (Å²) in [5.41, 5.74) is 6.84. The molecule has 9 rings (SSSR count). The van der Waals surface area contributed by atoms with Crippen LogP contribution in [-0.2, 0) is 0 Å². The van der Waals surface area contributed by atoms with E-state index in [4.69, 9.17) is 4.42 Å². The van der Waals surface area contributed by atoms with E-state index >= 15 is 0 Å². The summed E-state index contributed by atoms with van der Waals surface area (Å²) in [6.07, 6.45) is 0. The van der Waals surface area contributed by atoms with Crippen LogP contribution in [0.1, 0.15) is 0 Å². The molecule has 190 valence electrons. The van der Waals surface area contributed by atoms with Crippen molar-refractivity contribution in [3.8, 4) is 22.3 Å². The summed E-state index contributed by atoms with van der Waals surface area (Å²) < 4.78 is 6.49. The number of hydrogen-bond donors (Lipinski definition) is 0. The standard InChI is InChI=1S/C40H24O/c1-2-14-26-25(12-1)13-11-22-28(26)38-30-17-5-7-19-32(30)39(33-20-8-6-18-31(33)38)35-24-37-40(29-16-4-3-15-27(29)35)34-21-9-10-23-36(34)41-37/h1-24H. The van der Waals surface area contributed by atoms with E-state index in [0.717, 1.165) is 16.6 Å². The number of benzene rings is 8. The monoisotopic (exact) mass is 520 g/mol. The molecule has 0 spiro atoms. The van der Waals surface area contributed by atoms with Crippen LogP contribution in [0.2, 0.25) is 0 Å². The third kappa shape index (κ3) is 3.18. The first-order valence-electron chi connectivity index (χ1n) is 14.1. The minimum atomic E-state index is 0.922. The van der Waals surface area contributed by atoms with Crippen LogP contribution in [0.3, 0.4) is 0 Å². The summed E-state index contributed by atoms with van der Waals surface area (Å²) in [5.74, 6) is 0. The summed E-state index contributed by atoms with van der Waals surface area (Å²) in [6.45, 7) is 0. The van der Waals surface area contributed by atoms with E-state index in [1.807, 2.05) is 6.07 Å². The van der Waals surface area contributed by atoms with E-state index in [0.29, 0.717) is 0 Å². The second kappa shape index (κ2) is 8.55. The van der Waals surface area contributed by atoms with Crippen LogP contribution in [0.15, 0.2) is 150 Å². The molecule has 1 aromatic heterocycles. The van der Waals surface area contributed by atoms with Crippen molar-refractivity contribution >= 4 is 65.0 Å². The van der Waals surface area contributed by atoms with Gasteiger partial charge in [0, 0.05) is 10.8 Å². The normalized spacial score (nSPS) is 11.9. The first-order valence-corrected chi connectivity index (χ1v) is 14.1. The van der Waals surface area contributed by atoms with Gasteiger partial charge in [-0.3, -0.25) is 0 Å². The Morgan fingerprint density at radius 1 is 0.317 bits per heavy atom. The summed E-state index contributed by atoms with van der Waals surface area (Å²) in [7, 11) is 0. The zero-order chi connectivity index (χ0) is 26.9. The Hall–Kier alpha value is -5.40. The van der Waals surface area contributed by atoms with Crippen LogP contribution in [0.25, 0.3) is 87.3 Å². The van der Waals surface area contributed by atoms with E-state index in [9.17, 15) is 0 Å². The van der Waals surface area contributed by atoms with Gasteiger partial charge in [0.1, 0.15) is 11.2 Å². The van der Waals surface area contributed by atoms with Gasteiger partial charge in [-0.05, 0) is 77.5 Å². The van der Waals surface area contributed by atoms with Gasteiger partial charge in [0.15, 0.2) is 0 Å². The number of furan rings is 1. The van der Waals surface area contributed by atoms with E-state index in [1.165, 1.54) is 70.7 Å². The van der Waals surface area contributed by atoms with Gasteiger partial charge in [0.25, 0.3) is 0 Å². The zero-order valence-electron chi connectivity index (χ0n) is 22.3. The van der Waals surface area contributed by atoms with Crippen molar-refractivity contribution in [1.29, 1.82) is 0 Å². The van der Waals surface area contributed by atoms with Gasteiger partial charge in [-0.25, -0.2) is 0 Å². The molecule has 8 aromatic carbocycles. The predicted molar refractivity (Wildman–Crippen MR) is 175 cm³/mol. The summed E-state index contributed by atoms with van der Waals surface area (Å²) >= 11 is 0. The molecule has 0 radical (unpaired) electrons. The first kappa shape index (κ1) is 22.4. The predicted octanol–water partition coefficient (Wildman–Crippen LogP) is 11.5. The Balaban J connectivity index is 1.49. The highest BCUT2D eigenvalue weighted by Gasteiger charge is 2.21. The lowest BCUT2D eigenvalue weighted by molar-refractivity contribution is 0.669. The Morgan fingerprint density at radius 2 is 0.805 bits per heavy atom. The van der Waals surface area contributed by atoms with Gasteiger partial charge in [-0.1, -0.05) is 133 Å². The molecular formula is C40H24O. The van der Waals surface area contributed by atoms with Crippen molar-refractivity contribution in [2.75, 3.05) is 0 Å². The van der Waals surface area contributed by atoms with Crippen molar-refractivity contribution in [3.63, 3.8) is 0 Å². The molecule has 0 saturated heterocycles. The van der Waals surface area contributed by atoms with Gasteiger partial charge >= 0.3 is 0 Å². The van der Waals surface area contributed by atoms with E-state index in [1.54, 1.807) is 0 Å². The molecule has 1 heteroatoms. The van der Waals surface area contributed by atoms with Crippen LogP contribution < -0.4 is 0 Å². The maximum atomic E-state index is 6.49. The van der Waals surface area contributed by atoms with E-state index < -0.39 is 0 Å². The molecule has 0 aliphatic carbocycles. The smallest absolute Gasteiger partial charge is 0.136 e. The van der Waals surface area contributed by atoms with Crippen molar-refractivity contribution < 1.29 is 4.42 Å². The van der Waals surface area contributed by atoms with Crippen LogP contribution in [0, 0.1) is 0 Å². The molecule has 9 aromatic rings. The zero-order valence-corrected chi connectivity index (χ0v) is 22.3. The fraction of sp³-hybridized carbons (Fsp3) is 0. The SMILES string of the molecule is c1ccc2c(-c3c4ccccc4c(-c4cc5oc6ccccc6c5c5ccccc45)c4ccccc34)cccc2c1. The molecule has 0 unspecified atom stereocenters. The first-order chi connectivity index (χ1) is 20.4. The van der Waals surface area contributed by atoms with Crippen molar-refractivity contribution in [2.45, 2.75) is 0 Å². The van der Waals surface area contributed by atoms with Crippen LogP contribution in [0.4, 0.5) is 0 Å². The van der Waals surface area contributed by atoms with Crippen LogP contribution in [0.5, 0.6) is 0 Å². The Kier molecular flexibility index (Phi) is 4.67. The van der Waals surface area contributed by atoms with Crippen LogP contribution >= 0.6 is 0 Å². The minimum absolute atomic E-state index is 0.922. The number of hydrogen-bond acceptors (Lipinski definition) is 1. The summed E-state index contributed by atoms with van der Waals surface area (Å²) in [4.78, 5) is 0. The molecule has 0 N–H and O–H groups in total. The molecule has 41 heavy (non-hydrogen) atoms. The lowest BCUT2D eigenvalue weighted by atomic mass is 9.83. The van der Waals surface area contributed by atoms with E-state index in [-0.39, 0.29) is 0 Å². The largest absolute Gasteiger partial charge is 0.456 e. The number of para-hydroxylation sites is 1. The molecule has 0 aliphatic heterocycles. The van der Waals surface area contributed by atoms with Crippen molar-refractivity contribution in [2.24, 2.45) is 0 Å². The van der Waals surface area contributed by atoms with Gasteiger partial charge in [-0.2, -0.15) is 0 Å². The lowest BCUT2D eigenvalue weighted by Gasteiger charge is -2.19. The minimum Gasteiger partial charge on any atom is -0.456 e. The highest BCUT2D eigenvalue weighted by atomic mass is 16.3. The average Bonchev–Trinajstić information content (AvgIpc) is 3.42. The average molecular weight is 521 g/mol. The Labute approximate surface area is 236 Å². The third-order valence-corrected chi connectivity index (χ3v) is 8.64. The quantitative estimate of drug-likeness (QED) is 0.207. The third-order valence-electron chi connectivity index (χ3n) is 8.64. The fourth-order valence-corrected chi connectivity index (χ4v) is 6.95. The molecule has 0 saturated carbocycles. The summed E-state index contributed by atoms with van der Waals surface area (Å²) in [5, 5.41) is 12.3. The molecule has 1 heterocycles. The van der Waals surface area contributed by atoms with Gasteiger partial charge in [0.2, 0.25) is 0 Å². The van der Waals surface area contributed by atoms with Gasteiger partial charge < -0.3 is 4.42 Å². The van der Waals surface area contributed by atoms with Gasteiger partial charge in [-0.15, -0.1) is 0 Å². The molecule has 1 nitrogen and oxygen atoms in total. The molecule has 0 fully saturated rings. The topological polar surface area (TPSA) is 13.1 Å². The molecule has 0 aliphatic rings. The Morgan fingerprint density at radius 3 is 1.49 bits per heavy atom. The summed E-state index contributed by atoms with van der Waals surface area (Å²) in [6, 6.07) is 52.5. The maximum absolute atomic E-state index is 6.49. The Bertz CT molecular complexity index is 2410. The van der Waals surface area contributed by atoms with Crippen LogP contribution in [-0.4, -0.2) is 0 Å².